The highest BCUT2D eigenvalue weighted by Gasteiger charge is 2.53. The summed E-state index contributed by atoms with van der Waals surface area (Å²) in [6.45, 7) is 0.308. The number of H-pyrrole nitrogens is 1. The van der Waals surface area contributed by atoms with Crippen LogP contribution >= 0.6 is 23.1 Å². The average molecular weight is 499 g/mol. The van der Waals surface area contributed by atoms with Gasteiger partial charge in [-0.1, -0.05) is 5.16 Å². The van der Waals surface area contributed by atoms with Crippen LogP contribution in [0.4, 0.5) is 0 Å². The molecule has 0 radical (unpaired) electrons. The number of rotatable bonds is 7. The van der Waals surface area contributed by atoms with Crippen LogP contribution < -0.4 is 15.0 Å². The molecule has 1 fully saturated rings. The van der Waals surface area contributed by atoms with Crippen molar-refractivity contribution in [3.05, 3.63) is 59.0 Å². The average Bonchev–Trinajstić information content (AvgIpc) is 3.53. The highest BCUT2D eigenvalue weighted by molar-refractivity contribution is 8.00. The molecule has 2 N–H and O–H groups in total. The van der Waals surface area contributed by atoms with Gasteiger partial charge in [0.15, 0.2) is 18.5 Å². The third-order valence-corrected chi connectivity index (χ3v) is 7.75. The number of nitrogens with zero attached hydrogens (tertiary/aromatic N) is 4. The van der Waals surface area contributed by atoms with E-state index in [4.69, 9.17) is 4.84 Å². The number of carbonyl (C=O) groups is 3. The largest absolute Gasteiger partial charge is 0.543 e. The monoisotopic (exact) mass is 498 g/mol. The number of carboxylic acids is 1. The Morgan fingerprint density at radius 2 is 2.26 bits per heavy atom. The van der Waals surface area contributed by atoms with Crippen molar-refractivity contribution < 1.29 is 28.9 Å². The van der Waals surface area contributed by atoms with Crippen LogP contribution in [0.2, 0.25) is 0 Å². The van der Waals surface area contributed by atoms with Crippen molar-refractivity contribution in [1.82, 2.24) is 20.4 Å². The fourth-order valence-electron chi connectivity index (χ4n) is 4.03. The van der Waals surface area contributed by atoms with Crippen LogP contribution in [0.5, 0.6) is 0 Å². The van der Waals surface area contributed by atoms with Crippen LogP contribution in [-0.2, 0) is 25.8 Å². The minimum atomic E-state index is -1.42. The minimum absolute atomic E-state index is 0.0799. The molecule has 2 atom stereocenters. The number of hydrogen-bond acceptors (Lipinski definition) is 9. The summed E-state index contributed by atoms with van der Waals surface area (Å²) < 4.78 is 3.03. The van der Waals surface area contributed by atoms with Gasteiger partial charge >= 0.3 is 0 Å². The summed E-state index contributed by atoms with van der Waals surface area (Å²) in [5, 5.41) is 26.2. The van der Waals surface area contributed by atoms with Crippen LogP contribution in [0.15, 0.2) is 58.5 Å². The lowest BCUT2D eigenvalue weighted by atomic mass is 10.0. The van der Waals surface area contributed by atoms with Crippen LogP contribution in [0.1, 0.15) is 5.69 Å². The zero-order chi connectivity index (χ0) is 23.8. The van der Waals surface area contributed by atoms with Crippen molar-refractivity contribution in [2.45, 2.75) is 18.0 Å². The third-order valence-electron chi connectivity index (χ3n) is 5.54. The predicted octanol–water partition coefficient (Wildman–Crippen LogP) is -0.633. The topological polar surface area (TPSA) is 144 Å². The number of amides is 2. The smallest absolute Gasteiger partial charge is 0.276 e. The summed E-state index contributed by atoms with van der Waals surface area (Å²) >= 11 is 2.98. The van der Waals surface area contributed by atoms with Gasteiger partial charge in [0.05, 0.1) is 22.1 Å². The Morgan fingerprint density at radius 3 is 3.00 bits per heavy atom. The summed E-state index contributed by atoms with van der Waals surface area (Å²) in [7, 11) is 1.30. The fourth-order valence-corrected chi connectivity index (χ4v) is 6.17. The maximum Gasteiger partial charge on any atom is 0.276 e. The second kappa shape index (κ2) is 8.91. The molecule has 174 valence electrons. The Labute approximate surface area is 201 Å². The number of hydrogen-bond donors (Lipinski definition) is 2. The van der Waals surface area contributed by atoms with Gasteiger partial charge in [-0.15, -0.1) is 23.1 Å². The van der Waals surface area contributed by atoms with E-state index in [9.17, 15) is 19.5 Å². The number of oxime groups is 1. The molecule has 2 aliphatic rings. The molecule has 3 aromatic heterocycles. The highest BCUT2D eigenvalue weighted by Crippen LogP contribution is 2.40. The number of β-lactam (4-membered cyclic amide) rings is 1. The van der Waals surface area contributed by atoms with E-state index in [0.29, 0.717) is 23.6 Å². The van der Waals surface area contributed by atoms with E-state index in [-0.39, 0.29) is 11.4 Å². The molecule has 34 heavy (non-hydrogen) atoms. The SMILES string of the molecule is CON=C(C(=O)NC1C(=O)N2C(C(=O)[O-])=C(C[n+]3cccc4sccc43)CS[C@@H]12)c1ccn[nH]1. The zero-order valence-corrected chi connectivity index (χ0v) is 19.4. The standard InChI is InChI=1S/C21H18N6O5S2/c1-32-25-15(12-4-6-22-24-12)18(28)23-16-19(29)27-17(21(30)31)11(10-34-20(16)27)9-26-7-2-3-14-13(26)5-8-33-14/h2-8,16,20H,9-10H2,1H3,(H2-,22,23,24,25,28,30,31)/t16?,20-/m0/s1. The second-order valence-corrected chi connectivity index (χ2v) is 9.55. The Balaban J connectivity index is 1.38. The number of thiophene rings is 1. The maximum atomic E-state index is 13.0. The van der Waals surface area contributed by atoms with E-state index in [0.717, 1.165) is 10.2 Å². The molecule has 1 unspecified atom stereocenters. The Bertz CT molecular complexity index is 1350. The number of thioether (sulfide) groups is 1. The number of fused-ring (bicyclic) bond motifs is 2. The van der Waals surface area contributed by atoms with Crippen molar-refractivity contribution in [2.24, 2.45) is 5.16 Å². The fraction of sp³-hybridized carbons (Fsp3) is 0.238. The van der Waals surface area contributed by atoms with E-state index in [1.54, 1.807) is 11.3 Å². The van der Waals surface area contributed by atoms with E-state index in [1.165, 1.54) is 36.0 Å². The lowest BCUT2D eigenvalue weighted by Gasteiger charge is -2.50. The Kier molecular flexibility index (Phi) is 5.79. The lowest BCUT2D eigenvalue weighted by Crippen LogP contribution is -2.71. The molecule has 2 aliphatic heterocycles. The van der Waals surface area contributed by atoms with Crippen LogP contribution in [0, 0.1) is 0 Å². The molecular weight excluding hydrogens is 480 g/mol. The summed E-state index contributed by atoms with van der Waals surface area (Å²) in [4.78, 5) is 43.7. The van der Waals surface area contributed by atoms with Gasteiger partial charge in [-0.3, -0.25) is 19.6 Å². The first-order valence-electron chi connectivity index (χ1n) is 10.1. The van der Waals surface area contributed by atoms with Gasteiger partial charge < -0.3 is 20.1 Å². The molecule has 0 aromatic carbocycles. The quantitative estimate of drug-likeness (QED) is 0.191. The van der Waals surface area contributed by atoms with Crippen molar-refractivity contribution in [2.75, 3.05) is 12.9 Å². The van der Waals surface area contributed by atoms with Gasteiger partial charge in [0.2, 0.25) is 5.52 Å². The number of nitrogens with one attached hydrogen (secondary N) is 2. The molecule has 0 saturated carbocycles. The van der Waals surface area contributed by atoms with E-state index in [1.807, 2.05) is 34.3 Å². The van der Waals surface area contributed by atoms with Crippen molar-refractivity contribution >= 4 is 56.8 Å². The van der Waals surface area contributed by atoms with Crippen LogP contribution in [0.25, 0.3) is 10.2 Å². The molecule has 5 heterocycles. The number of carboxylic acid groups (broad SMARTS) is 1. The number of pyridine rings is 1. The molecule has 13 heteroatoms. The molecule has 11 nitrogen and oxygen atoms in total. The van der Waals surface area contributed by atoms with Gasteiger partial charge in [0.25, 0.3) is 11.8 Å². The van der Waals surface area contributed by atoms with Crippen LogP contribution in [0.3, 0.4) is 0 Å². The number of aromatic nitrogens is 3. The Hall–Kier alpha value is -3.71. The van der Waals surface area contributed by atoms with E-state index < -0.39 is 29.2 Å². The summed E-state index contributed by atoms with van der Waals surface area (Å²) in [5.41, 5.74) is 1.65. The molecular formula is C21H18N6O5S2. The summed E-state index contributed by atoms with van der Waals surface area (Å²) in [5.74, 6) is -2.22. The Morgan fingerprint density at radius 1 is 1.41 bits per heavy atom. The third kappa shape index (κ3) is 3.72. The highest BCUT2D eigenvalue weighted by atomic mass is 32.2. The molecule has 2 amide bonds. The first-order valence-corrected chi connectivity index (χ1v) is 12.1. The maximum absolute atomic E-state index is 13.0. The first kappa shape index (κ1) is 22.1. The number of carbonyl (C=O) groups excluding carboxylic acids is 3. The minimum Gasteiger partial charge on any atom is -0.543 e. The van der Waals surface area contributed by atoms with Gasteiger partial charge in [-0.2, -0.15) is 9.67 Å². The van der Waals surface area contributed by atoms with Gasteiger partial charge in [-0.05, 0) is 17.5 Å². The second-order valence-electron chi connectivity index (χ2n) is 7.50. The van der Waals surface area contributed by atoms with Crippen molar-refractivity contribution in [3.8, 4) is 0 Å². The molecule has 1 saturated heterocycles. The molecule has 3 aromatic rings. The predicted molar refractivity (Wildman–Crippen MR) is 121 cm³/mol. The number of aromatic amines is 1. The van der Waals surface area contributed by atoms with Gasteiger partial charge in [0, 0.05) is 29.7 Å². The molecule has 0 spiro atoms. The lowest BCUT2D eigenvalue weighted by molar-refractivity contribution is -0.663. The first-order chi connectivity index (χ1) is 16.5. The van der Waals surface area contributed by atoms with Gasteiger partial charge in [-0.25, -0.2) is 0 Å². The summed E-state index contributed by atoms with van der Waals surface area (Å²) in [6, 6.07) is 6.49. The van der Waals surface area contributed by atoms with E-state index in [2.05, 4.69) is 20.7 Å². The van der Waals surface area contributed by atoms with Crippen molar-refractivity contribution in [3.63, 3.8) is 0 Å². The zero-order valence-electron chi connectivity index (χ0n) is 17.8. The van der Waals surface area contributed by atoms with Crippen molar-refractivity contribution in [1.29, 1.82) is 0 Å². The molecule has 0 aliphatic carbocycles. The number of aliphatic carboxylic acids is 1. The normalized spacial score (nSPS) is 20.2. The molecule has 0 bridgehead atoms. The van der Waals surface area contributed by atoms with Gasteiger partial charge in [0.1, 0.15) is 18.5 Å². The van der Waals surface area contributed by atoms with Crippen LogP contribution in [-0.4, -0.2) is 62.9 Å². The van der Waals surface area contributed by atoms with E-state index >= 15 is 0 Å². The summed E-state index contributed by atoms with van der Waals surface area (Å²) in [6.07, 6.45) is 3.33. The molecule has 5 rings (SSSR count).